The lowest BCUT2D eigenvalue weighted by Crippen LogP contribution is -2.40. The fourth-order valence-corrected chi connectivity index (χ4v) is 5.82. The van der Waals surface area contributed by atoms with E-state index in [1.165, 1.54) is 51.4 Å². The average molecular weight is 338 g/mol. The van der Waals surface area contributed by atoms with E-state index >= 15 is 0 Å². The Morgan fingerprint density at radius 1 is 1.12 bits per heavy atom. The number of likely N-dealkylation sites (N-methyl/N-ethyl adjacent to an activating group) is 1. The van der Waals surface area contributed by atoms with Crippen LogP contribution in [0.25, 0.3) is 0 Å². The van der Waals surface area contributed by atoms with Gasteiger partial charge in [0.05, 0.1) is 12.2 Å². The van der Waals surface area contributed by atoms with Gasteiger partial charge in [-0.25, -0.2) is 0 Å². The van der Waals surface area contributed by atoms with E-state index in [9.17, 15) is 5.11 Å². The van der Waals surface area contributed by atoms with Crippen molar-refractivity contribution in [1.29, 1.82) is 0 Å². The molecule has 0 aromatic carbocycles. The fourth-order valence-electron chi connectivity index (χ4n) is 5.82. The van der Waals surface area contributed by atoms with Crippen LogP contribution >= 0.6 is 0 Å². The highest BCUT2D eigenvalue weighted by atomic mass is 16.5. The van der Waals surface area contributed by atoms with E-state index in [-0.39, 0.29) is 6.10 Å². The molecule has 3 rings (SSSR count). The minimum Gasteiger partial charge on any atom is -0.392 e. The van der Waals surface area contributed by atoms with Crippen molar-refractivity contribution in [2.45, 2.75) is 96.8 Å². The highest BCUT2D eigenvalue weighted by Crippen LogP contribution is 2.66. The topological polar surface area (TPSA) is 32.7 Å². The van der Waals surface area contributed by atoms with Crippen molar-refractivity contribution in [2.24, 2.45) is 16.7 Å². The maximum Gasteiger partial charge on any atom is 0.0689 e. The van der Waals surface area contributed by atoms with Crippen LogP contribution in [0.1, 0.15) is 78.6 Å². The minimum absolute atomic E-state index is 0.253. The van der Waals surface area contributed by atoms with Crippen LogP contribution in [0.5, 0.6) is 0 Å². The lowest BCUT2D eigenvalue weighted by molar-refractivity contribution is -0.0568. The standard InChI is InChI=1S/C21H39NO2/c1-20(2)16-10-12-21(20,3)19(14-16)24-13-11-18(23)15-22(4)17-8-6-5-7-9-17/h16-19,23H,5-15H2,1-4H3/t16-,18+,19+,21-/m1/s1. The first-order chi connectivity index (χ1) is 11.3. The van der Waals surface area contributed by atoms with Gasteiger partial charge in [-0.1, -0.05) is 40.0 Å². The zero-order valence-corrected chi connectivity index (χ0v) is 16.4. The van der Waals surface area contributed by atoms with E-state index in [1.807, 2.05) is 0 Å². The van der Waals surface area contributed by atoms with Crippen LogP contribution in [0.4, 0.5) is 0 Å². The summed E-state index contributed by atoms with van der Waals surface area (Å²) in [5, 5.41) is 10.4. The summed E-state index contributed by atoms with van der Waals surface area (Å²) < 4.78 is 6.29. The highest BCUT2D eigenvalue weighted by Gasteiger charge is 2.61. The number of nitrogens with zero attached hydrogens (tertiary/aromatic N) is 1. The normalized spacial score (nSPS) is 37.2. The van der Waals surface area contributed by atoms with Crippen LogP contribution < -0.4 is 0 Å². The molecule has 3 saturated carbocycles. The first-order valence-electron chi connectivity index (χ1n) is 10.3. The molecule has 3 aliphatic carbocycles. The quantitative estimate of drug-likeness (QED) is 0.754. The van der Waals surface area contributed by atoms with Gasteiger partial charge in [0.1, 0.15) is 0 Å². The molecule has 1 N–H and O–H groups in total. The third-order valence-corrected chi connectivity index (χ3v) is 8.18. The predicted octanol–water partition coefficient (Wildman–Crippen LogP) is 4.23. The third-order valence-electron chi connectivity index (χ3n) is 8.18. The molecule has 0 aromatic rings. The van der Waals surface area contributed by atoms with Crippen LogP contribution in [-0.2, 0) is 4.74 Å². The lowest BCUT2D eigenvalue weighted by atomic mass is 9.70. The van der Waals surface area contributed by atoms with E-state index in [4.69, 9.17) is 4.74 Å². The van der Waals surface area contributed by atoms with Crippen molar-refractivity contribution >= 4 is 0 Å². The van der Waals surface area contributed by atoms with Gasteiger partial charge in [0, 0.05) is 19.2 Å². The number of ether oxygens (including phenoxy) is 1. The van der Waals surface area contributed by atoms with E-state index in [2.05, 4.69) is 32.7 Å². The van der Waals surface area contributed by atoms with Gasteiger partial charge in [-0.3, -0.25) is 0 Å². The van der Waals surface area contributed by atoms with Crippen LogP contribution in [0.15, 0.2) is 0 Å². The summed E-state index contributed by atoms with van der Waals surface area (Å²) in [4.78, 5) is 2.38. The van der Waals surface area contributed by atoms with Crippen molar-refractivity contribution in [3.8, 4) is 0 Å². The number of aliphatic hydroxyl groups is 1. The molecule has 3 fully saturated rings. The molecule has 140 valence electrons. The van der Waals surface area contributed by atoms with E-state index in [0.29, 0.717) is 29.6 Å². The smallest absolute Gasteiger partial charge is 0.0689 e. The van der Waals surface area contributed by atoms with Gasteiger partial charge in [-0.15, -0.1) is 0 Å². The van der Waals surface area contributed by atoms with Gasteiger partial charge in [-0.2, -0.15) is 0 Å². The Hall–Kier alpha value is -0.120. The maximum atomic E-state index is 10.4. The summed E-state index contributed by atoms with van der Waals surface area (Å²) in [7, 11) is 2.18. The summed E-state index contributed by atoms with van der Waals surface area (Å²) in [6, 6.07) is 0.680. The van der Waals surface area contributed by atoms with Crippen molar-refractivity contribution in [3.63, 3.8) is 0 Å². The predicted molar refractivity (Wildman–Crippen MR) is 99.1 cm³/mol. The Morgan fingerprint density at radius 2 is 1.83 bits per heavy atom. The maximum absolute atomic E-state index is 10.4. The molecule has 0 radical (unpaired) electrons. The lowest BCUT2D eigenvalue weighted by Gasteiger charge is -2.39. The Balaban J connectivity index is 1.39. The van der Waals surface area contributed by atoms with Crippen molar-refractivity contribution in [2.75, 3.05) is 20.2 Å². The largest absolute Gasteiger partial charge is 0.392 e. The summed E-state index contributed by atoms with van der Waals surface area (Å²) >= 11 is 0. The van der Waals surface area contributed by atoms with Crippen molar-refractivity contribution in [1.82, 2.24) is 4.90 Å². The van der Waals surface area contributed by atoms with E-state index in [0.717, 1.165) is 18.9 Å². The molecule has 24 heavy (non-hydrogen) atoms. The Kier molecular flexibility index (Phi) is 5.64. The second-order valence-corrected chi connectivity index (χ2v) is 9.64. The second kappa shape index (κ2) is 7.25. The molecule has 0 amide bonds. The van der Waals surface area contributed by atoms with Crippen LogP contribution in [-0.4, -0.2) is 48.5 Å². The average Bonchev–Trinajstić information content (AvgIpc) is 2.89. The van der Waals surface area contributed by atoms with Gasteiger partial charge < -0.3 is 14.7 Å². The number of rotatable bonds is 7. The van der Waals surface area contributed by atoms with Gasteiger partial charge in [0.25, 0.3) is 0 Å². The molecule has 0 saturated heterocycles. The molecule has 3 aliphatic rings. The molecule has 2 bridgehead atoms. The summed E-state index contributed by atoms with van der Waals surface area (Å²) in [5.41, 5.74) is 0.749. The van der Waals surface area contributed by atoms with Crippen LogP contribution in [0.2, 0.25) is 0 Å². The van der Waals surface area contributed by atoms with Crippen LogP contribution in [0, 0.1) is 16.7 Å². The summed E-state index contributed by atoms with van der Waals surface area (Å²) in [6.45, 7) is 8.80. The third kappa shape index (κ3) is 3.41. The molecule has 0 aromatic heterocycles. The van der Waals surface area contributed by atoms with Gasteiger partial charge in [0.15, 0.2) is 0 Å². The molecule has 4 atom stereocenters. The molecule has 0 unspecified atom stereocenters. The van der Waals surface area contributed by atoms with E-state index in [1.54, 1.807) is 0 Å². The fraction of sp³-hybridized carbons (Fsp3) is 1.00. The van der Waals surface area contributed by atoms with E-state index < -0.39 is 0 Å². The minimum atomic E-state index is -0.253. The zero-order valence-electron chi connectivity index (χ0n) is 16.4. The second-order valence-electron chi connectivity index (χ2n) is 9.64. The molecule has 3 heteroatoms. The first-order valence-corrected chi connectivity index (χ1v) is 10.3. The first kappa shape index (κ1) is 18.7. The molecule has 0 heterocycles. The molecular weight excluding hydrogens is 298 g/mol. The monoisotopic (exact) mass is 337 g/mol. The highest BCUT2D eigenvalue weighted by molar-refractivity contribution is 5.11. The number of hydrogen-bond acceptors (Lipinski definition) is 3. The van der Waals surface area contributed by atoms with Crippen molar-refractivity contribution in [3.05, 3.63) is 0 Å². The zero-order chi connectivity index (χ0) is 17.4. The van der Waals surface area contributed by atoms with Crippen LogP contribution in [0.3, 0.4) is 0 Å². The molecule has 0 spiro atoms. The SMILES string of the molecule is CN(C[C@@H](O)CCO[C@H]1C[C@H]2CC[C@@]1(C)C2(C)C)C1CCCCC1. The molecular formula is C21H39NO2. The van der Waals surface area contributed by atoms with Crippen molar-refractivity contribution < 1.29 is 9.84 Å². The summed E-state index contributed by atoms with van der Waals surface area (Å²) in [5.74, 6) is 0.829. The Morgan fingerprint density at radius 3 is 2.42 bits per heavy atom. The summed E-state index contributed by atoms with van der Waals surface area (Å²) in [6.07, 6.45) is 11.5. The Bertz CT molecular complexity index is 418. The number of aliphatic hydroxyl groups excluding tert-OH is 1. The molecule has 3 nitrogen and oxygen atoms in total. The van der Waals surface area contributed by atoms with Gasteiger partial charge in [0.2, 0.25) is 0 Å². The van der Waals surface area contributed by atoms with Gasteiger partial charge in [-0.05, 0) is 62.3 Å². The van der Waals surface area contributed by atoms with Gasteiger partial charge >= 0.3 is 0 Å². The molecule has 0 aliphatic heterocycles. The number of fused-ring (bicyclic) bond motifs is 2. The Labute approximate surface area is 149 Å². The number of hydrogen-bond donors (Lipinski definition) is 1.